The van der Waals surface area contributed by atoms with Crippen LogP contribution in [0.2, 0.25) is 0 Å². The molecule has 1 aromatic heterocycles. The SMILES string of the molecule is CCc1ccc(C(=O)NCCCc2ccccc2F)o1. The maximum atomic E-state index is 13.4. The van der Waals surface area contributed by atoms with Gasteiger partial charge in [0.25, 0.3) is 5.91 Å². The Kier molecular flexibility index (Phi) is 4.93. The molecule has 1 amide bonds. The fourth-order valence-electron chi connectivity index (χ4n) is 1.96. The summed E-state index contributed by atoms with van der Waals surface area (Å²) in [6.07, 6.45) is 2.06. The highest BCUT2D eigenvalue weighted by molar-refractivity contribution is 5.91. The minimum Gasteiger partial charge on any atom is -0.456 e. The molecule has 0 spiro atoms. The number of aryl methyl sites for hydroxylation is 2. The normalized spacial score (nSPS) is 10.5. The van der Waals surface area contributed by atoms with Crippen LogP contribution in [0.1, 0.15) is 35.2 Å². The van der Waals surface area contributed by atoms with Crippen LogP contribution in [0.25, 0.3) is 0 Å². The molecule has 2 aromatic rings. The summed E-state index contributed by atoms with van der Waals surface area (Å²) < 4.78 is 18.7. The van der Waals surface area contributed by atoms with Crippen LogP contribution in [0.5, 0.6) is 0 Å². The molecular weight excluding hydrogens is 257 g/mol. The molecule has 0 aliphatic carbocycles. The lowest BCUT2D eigenvalue weighted by Gasteiger charge is -2.04. The van der Waals surface area contributed by atoms with E-state index in [1.807, 2.05) is 13.0 Å². The largest absolute Gasteiger partial charge is 0.456 e. The van der Waals surface area contributed by atoms with Gasteiger partial charge in [0.05, 0.1) is 0 Å². The van der Waals surface area contributed by atoms with Gasteiger partial charge in [-0.2, -0.15) is 0 Å². The van der Waals surface area contributed by atoms with Gasteiger partial charge in [0, 0.05) is 13.0 Å². The molecule has 0 fully saturated rings. The third-order valence-electron chi connectivity index (χ3n) is 3.10. The van der Waals surface area contributed by atoms with Crippen molar-refractivity contribution >= 4 is 5.91 Å². The molecule has 3 nitrogen and oxygen atoms in total. The summed E-state index contributed by atoms with van der Waals surface area (Å²) in [4.78, 5) is 11.8. The quantitative estimate of drug-likeness (QED) is 0.821. The van der Waals surface area contributed by atoms with Crippen molar-refractivity contribution in [3.63, 3.8) is 0 Å². The maximum absolute atomic E-state index is 13.4. The number of hydrogen-bond acceptors (Lipinski definition) is 2. The first-order chi connectivity index (χ1) is 9.70. The molecule has 0 aliphatic heterocycles. The molecule has 1 heterocycles. The van der Waals surface area contributed by atoms with E-state index in [4.69, 9.17) is 4.42 Å². The zero-order chi connectivity index (χ0) is 14.4. The minimum absolute atomic E-state index is 0.197. The Hall–Kier alpha value is -2.10. The highest BCUT2D eigenvalue weighted by Crippen LogP contribution is 2.09. The molecule has 0 bridgehead atoms. The molecule has 20 heavy (non-hydrogen) atoms. The number of halogens is 1. The van der Waals surface area contributed by atoms with Gasteiger partial charge in [-0.3, -0.25) is 4.79 Å². The second-order valence-corrected chi connectivity index (χ2v) is 4.57. The van der Waals surface area contributed by atoms with Gasteiger partial charge in [0.2, 0.25) is 0 Å². The van der Waals surface area contributed by atoms with E-state index >= 15 is 0 Å². The van der Waals surface area contributed by atoms with Gasteiger partial charge in [0.15, 0.2) is 5.76 Å². The van der Waals surface area contributed by atoms with Crippen molar-refractivity contribution in [2.45, 2.75) is 26.2 Å². The van der Waals surface area contributed by atoms with Crippen LogP contribution in [-0.2, 0) is 12.8 Å². The number of rotatable bonds is 6. The molecule has 106 valence electrons. The predicted octanol–water partition coefficient (Wildman–Crippen LogP) is 3.34. The number of benzene rings is 1. The molecule has 2 rings (SSSR count). The molecule has 0 saturated carbocycles. The lowest BCUT2D eigenvalue weighted by molar-refractivity contribution is 0.0924. The van der Waals surface area contributed by atoms with Crippen molar-refractivity contribution in [3.05, 3.63) is 59.3 Å². The van der Waals surface area contributed by atoms with Gasteiger partial charge < -0.3 is 9.73 Å². The van der Waals surface area contributed by atoms with Crippen molar-refractivity contribution < 1.29 is 13.6 Å². The van der Waals surface area contributed by atoms with E-state index in [2.05, 4.69) is 5.32 Å². The van der Waals surface area contributed by atoms with Crippen molar-refractivity contribution in [2.75, 3.05) is 6.54 Å². The minimum atomic E-state index is -0.224. The number of carbonyl (C=O) groups is 1. The second-order valence-electron chi connectivity index (χ2n) is 4.57. The number of nitrogens with one attached hydrogen (secondary N) is 1. The van der Waals surface area contributed by atoms with E-state index in [9.17, 15) is 9.18 Å². The van der Waals surface area contributed by atoms with Crippen molar-refractivity contribution in [1.29, 1.82) is 0 Å². The third kappa shape index (κ3) is 3.70. The summed E-state index contributed by atoms with van der Waals surface area (Å²) >= 11 is 0. The van der Waals surface area contributed by atoms with Crippen molar-refractivity contribution in [1.82, 2.24) is 5.32 Å². The van der Waals surface area contributed by atoms with E-state index in [0.717, 1.165) is 12.2 Å². The molecule has 0 radical (unpaired) electrons. The molecule has 0 unspecified atom stereocenters. The Labute approximate surface area is 117 Å². The fourth-order valence-corrected chi connectivity index (χ4v) is 1.96. The number of amides is 1. The van der Waals surface area contributed by atoms with E-state index in [0.29, 0.717) is 30.7 Å². The summed E-state index contributed by atoms with van der Waals surface area (Å²) in [7, 11) is 0. The average Bonchev–Trinajstić information content (AvgIpc) is 2.94. The van der Waals surface area contributed by atoms with Gasteiger partial charge in [0.1, 0.15) is 11.6 Å². The van der Waals surface area contributed by atoms with Crippen LogP contribution in [-0.4, -0.2) is 12.5 Å². The summed E-state index contributed by atoms with van der Waals surface area (Å²) in [6, 6.07) is 10.2. The van der Waals surface area contributed by atoms with Crippen molar-refractivity contribution in [3.8, 4) is 0 Å². The van der Waals surface area contributed by atoms with Crippen LogP contribution in [0.4, 0.5) is 4.39 Å². The maximum Gasteiger partial charge on any atom is 0.286 e. The highest BCUT2D eigenvalue weighted by Gasteiger charge is 2.09. The first-order valence-corrected chi connectivity index (χ1v) is 6.81. The van der Waals surface area contributed by atoms with Crippen molar-refractivity contribution in [2.24, 2.45) is 0 Å². The predicted molar refractivity (Wildman–Crippen MR) is 75.1 cm³/mol. The fraction of sp³-hybridized carbons (Fsp3) is 0.312. The Morgan fingerprint density at radius 2 is 2.05 bits per heavy atom. The standard InChI is InChI=1S/C16H18FNO2/c1-2-13-9-10-15(20-13)16(19)18-11-5-7-12-6-3-4-8-14(12)17/h3-4,6,8-10H,2,5,7,11H2,1H3,(H,18,19). The number of furan rings is 1. The zero-order valence-electron chi connectivity index (χ0n) is 11.5. The van der Waals surface area contributed by atoms with E-state index in [1.165, 1.54) is 6.07 Å². The Morgan fingerprint density at radius 1 is 1.25 bits per heavy atom. The summed E-state index contributed by atoms with van der Waals surface area (Å²) in [6.45, 7) is 2.46. The summed E-state index contributed by atoms with van der Waals surface area (Å²) in [5, 5.41) is 2.77. The van der Waals surface area contributed by atoms with E-state index in [1.54, 1.807) is 24.3 Å². The van der Waals surface area contributed by atoms with Gasteiger partial charge in [-0.25, -0.2) is 4.39 Å². The second kappa shape index (κ2) is 6.89. The lowest BCUT2D eigenvalue weighted by atomic mass is 10.1. The first-order valence-electron chi connectivity index (χ1n) is 6.81. The Bertz CT molecular complexity index is 577. The Balaban J connectivity index is 1.76. The van der Waals surface area contributed by atoms with Gasteiger partial charge in [-0.15, -0.1) is 0 Å². The highest BCUT2D eigenvalue weighted by atomic mass is 19.1. The number of carbonyl (C=O) groups excluding carboxylic acids is 1. The molecule has 1 aromatic carbocycles. The van der Waals surface area contributed by atoms with Crippen LogP contribution < -0.4 is 5.32 Å². The van der Waals surface area contributed by atoms with Crippen LogP contribution >= 0.6 is 0 Å². The van der Waals surface area contributed by atoms with E-state index in [-0.39, 0.29) is 11.7 Å². The smallest absolute Gasteiger partial charge is 0.286 e. The molecule has 0 saturated heterocycles. The average molecular weight is 275 g/mol. The first kappa shape index (κ1) is 14.3. The van der Waals surface area contributed by atoms with Crippen LogP contribution in [0.15, 0.2) is 40.8 Å². The van der Waals surface area contributed by atoms with E-state index < -0.39 is 0 Å². The van der Waals surface area contributed by atoms with Crippen LogP contribution in [0.3, 0.4) is 0 Å². The van der Waals surface area contributed by atoms with Crippen LogP contribution in [0, 0.1) is 5.82 Å². The topological polar surface area (TPSA) is 42.2 Å². The summed E-state index contributed by atoms with van der Waals surface area (Å²) in [5.41, 5.74) is 0.674. The summed E-state index contributed by atoms with van der Waals surface area (Å²) in [5.74, 6) is 0.699. The Morgan fingerprint density at radius 3 is 2.75 bits per heavy atom. The molecule has 0 atom stereocenters. The molecular formula is C16H18FNO2. The zero-order valence-corrected chi connectivity index (χ0v) is 11.5. The van der Waals surface area contributed by atoms with Gasteiger partial charge >= 0.3 is 0 Å². The van der Waals surface area contributed by atoms with Gasteiger partial charge in [-0.05, 0) is 36.6 Å². The third-order valence-corrected chi connectivity index (χ3v) is 3.10. The monoisotopic (exact) mass is 275 g/mol. The lowest BCUT2D eigenvalue weighted by Crippen LogP contribution is -2.24. The van der Waals surface area contributed by atoms with Gasteiger partial charge in [-0.1, -0.05) is 25.1 Å². The molecule has 0 aliphatic rings. The number of hydrogen-bond donors (Lipinski definition) is 1. The molecule has 4 heteroatoms. The molecule has 1 N–H and O–H groups in total.